The van der Waals surface area contributed by atoms with E-state index in [1.807, 2.05) is 4.68 Å². The molecule has 0 aromatic carbocycles. The number of aromatic nitrogens is 2. The quantitative estimate of drug-likeness (QED) is 0.897. The standard InChI is InChI=1S/C15H26BrN3/c1-10(2)17-9-13-7-5-6-12(13)8-14-15(16)11(3)18-19(14)4/h10,12-13,17H,5-9H2,1-4H3. The lowest BCUT2D eigenvalue weighted by molar-refractivity contribution is 0.348. The van der Waals surface area contributed by atoms with Crippen LogP contribution in [0.2, 0.25) is 0 Å². The molecule has 1 saturated carbocycles. The molecule has 1 aliphatic rings. The highest BCUT2D eigenvalue weighted by atomic mass is 79.9. The predicted octanol–water partition coefficient (Wildman–Crippen LogP) is 3.45. The average Bonchev–Trinajstić information content (AvgIpc) is 2.87. The van der Waals surface area contributed by atoms with Crippen LogP contribution in [-0.2, 0) is 13.5 Å². The monoisotopic (exact) mass is 327 g/mol. The second-order valence-electron chi connectivity index (χ2n) is 6.19. The molecule has 1 fully saturated rings. The van der Waals surface area contributed by atoms with Gasteiger partial charge in [-0.1, -0.05) is 20.3 Å². The Balaban J connectivity index is 2.01. The van der Waals surface area contributed by atoms with Gasteiger partial charge in [0.05, 0.1) is 15.9 Å². The molecule has 0 spiro atoms. The van der Waals surface area contributed by atoms with Crippen molar-refractivity contribution >= 4 is 15.9 Å². The third-order valence-electron chi connectivity index (χ3n) is 4.32. The van der Waals surface area contributed by atoms with Crippen LogP contribution in [0, 0.1) is 18.8 Å². The van der Waals surface area contributed by atoms with Crippen molar-refractivity contribution < 1.29 is 0 Å². The molecular formula is C15H26BrN3. The lowest BCUT2D eigenvalue weighted by Crippen LogP contribution is -2.31. The number of nitrogens with one attached hydrogen (secondary N) is 1. The van der Waals surface area contributed by atoms with E-state index in [1.165, 1.54) is 29.4 Å². The third kappa shape index (κ3) is 3.60. The number of nitrogens with zero attached hydrogens (tertiary/aromatic N) is 2. The first-order valence-electron chi connectivity index (χ1n) is 7.40. The molecule has 2 atom stereocenters. The molecule has 1 heterocycles. The SMILES string of the molecule is Cc1nn(C)c(CC2CCCC2CNC(C)C)c1Br. The highest BCUT2D eigenvalue weighted by molar-refractivity contribution is 9.10. The van der Waals surface area contributed by atoms with Crippen LogP contribution < -0.4 is 5.32 Å². The number of rotatable bonds is 5. The van der Waals surface area contributed by atoms with Gasteiger partial charge in [0.1, 0.15) is 0 Å². The zero-order valence-electron chi connectivity index (χ0n) is 12.5. The lowest BCUT2D eigenvalue weighted by atomic mass is 9.91. The van der Waals surface area contributed by atoms with E-state index in [9.17, 15) is 0 Å². The molecule has 1 aromatic rings. The maximum absolute atomic E-state index is 4.51. The Morgan fingerprint density at radius 3 is 2.63 bits per heavy atom. The van der Waals surface area contributed by atoms with Crippen molar-refractivity contribution in [2.75, 3.05) is 6.54 Å². The Morgan fingerprint density at radius 2 is 2.05 bits per heavy atom. The minimum absolute atomic E-state index is 0.590. The molecule has 2 rings (SSSR count). The predicted molar refractivity (Wildman–Crippen MR) is 83.3 cm³/mol. The van der Waals surface area contributed by atoms with Crippen LogP contribution in [-0.4, -0.2) is 22.4 Å². The summed E-state index contributed by atoms with van der Waals surface area (Å²) in [5.41, 5.74) is 2.46. The van der Waals surface area contributed by atoms with Crippen LogP contribution in [0.4, 0.5) is 0 Å². The second-order valence-corrected chi connectivity index (χ2v) is 6.98. The fourth-order valence-corrected chi connectivity index (χ4v) is 3.69. The van der Waals surface area contributed by atoms with Crippen molar-refractivity contribution in [1.82, 2.24) is 15.1 Å². The maximum atomic E-state index is 4.51. The molecule has 108 valence electrons. The fourth-order valence-electron chi connectivity index (χ4n) is 3.19. The number of hydrogen-bond donors (Lipinski definition) is 1. The summed E-state index contributed by atoms with van der Waals surface area (Å²) in [6.45, 7) is 7.69. The van der Waals surface area contributed by atoms with Gasteiger partial charge in [-0.05, 0) is 60.5 Å². The van der Waals surface area contributed by atoms with Crippen LogP contribution in [0.1, 0.15) is 44.5 Å². The number of halogens is 1. The maximum Gasteiger partial charge on any atom is 0.0738 e. The summed E-state index contributed by atoms with van der Waals surface area (Å²) >= 11 is 3.69. The Labute approximate surface area is 125 Å². The summed E-state index contributed by atoms with van der Waals surface area (Å²) in [7, 11) is 2.06. The van der Waals surface area contributed by atoms with Gasteiger partial charge in [0.25, 0.3) is 0 Å². The van der Waals surface area contributed by atoms with E-state index >= 15 is 0 Å². The minimum atomic E-state index is 0.590. The molecule has 0 bridgehead atoms. The summed E-state index contributed by atoms with van der Waals surface area (Å²) in [6, 6.07) is 0.590. The Kier molecular flexibility index (Phi) is 5.07. The van der Waals surface area contributed by atoms with Crippen LogP contribution in [0.15, 0.2) is 4.47 Å². The van der Waals surface area contributed by atoms with E-state index in [1.54, 1.807) is 0 Å². The first kappa shape index (κ1) is 15.0. The molecule has 0 radical (unpaired) electrons. The van der Waals surface area contributed by atoms with Crippen molar-refractivity contribution in [3.8, 4) is 0 Å². The van der Waals surface area contributed by atoms with Gasteiger partial charge in [-0.25, -0.2) is 0 Å². The molecule has 1 aromatic heterocycles. The molecule has 1 N–H and O–H groups in total. The van der Waals surface area contributed by atoms with Gasteiger partial charge in [0.2, 0.25) is 0 Å². The largest absolute Gasteiger partial charge is 0.314 e. The first-order valence-corrected chi connectivity index (χ1v) is 8.19. The van der Waals surface area contributed by atoms with E-state index in [4.69, 9.17) is 0 Å². The Hall–Kier alpha value is -0.350. The van der Waals surface area contributed by atoms with Gasteiger partial charge in [-0.15, -0.1) is 0 Å². The van der Waals surface area contributed by atoms with Crippen molar-refractivity contribution in [3.05, 3.63) is 15.9 Å². The Bertz CT molecular complexity index is 425. The number of aryl methyl sites for hydroxylation is 2. The third-order valence-corrected chi connectivity index (χ3v) is 5.35. The summed E-state index contributed by atoms with van der Waals surface area (Å²) in [5.74, 6) is 1.63. The lowest BCUT2D eigenvalue weighted by Gasteiger charge is -2.21. The van der Waals surface area contributed by atoms with Crippen molar-refractivity contribution in [2.45, 2.75) is 52.5 Å². The van der Waals surface area contributed by atoms with Crippen molar-refractivity contribution in [1.29, 1.82) is 0 Å². The molecule has 4 heteroatoms. The minimum Gasteiger partial charge on any atom is -0.314 e. The molecule has 1 aliphatic carbocycles. The molecule has 19 heavy (non-hydrogen) atoms. The Morgan fingerprint density at radius 1 is 1.37 bits per heavy atom. The normalized spacial score (nSPS) is 23.5. The number of hydrogen-bond acceptors (Lipinski definition) is 2. The highest BCUT2D eigenvalue weighted by Gasteiger charge is 2.29. The smallest absolute Gasteiger partial charge is 0.0738 e. The molecule has 3 nitrogen and oxygen atoms in total. The van der Waals surface area contributed by atoms with E-state index in [2.05, 4.69) is 54.2 Å². The summed E-state index contributed by atoms with van der Waals surface area (Å²) in [6.07, 6.45) is 5.27. The molecule has 0 aliphatic heterocycles. The highest BCUT2D eigenvalue weighted by Crippen LogP contribution is 2.35. The van der Waals surface area contributed by atoms with E-state index in [0.29, 0.717) is 6.04 Å². The van der Waals surface area contributed by atoms with Crippen LogP contribution >= 0.6 is 15.9 Å². The molecule has 0 amide bonds. The average molecular weight is 328 g/mol. The van der Waals surface area contributed by atoms with E-state index < -0.39 is 0 Å². The van der Waals surface area contributed by atoms with Crippen LogP contribution in [0.5, 0.6) is 0 Å². The van der Waals surface area contributed by atoms with Gasteiger partial charge < -0.3 is 5.32 Å². The zero-order valence-corrected chi connectivity index (χ0v) is 14.1. The zero-order chi connectivity index (χ0) is 14.0. The van der Waals surface area contributed by atoms with Gasteiger partial charge >= 0.3 is 0 Å². The molecule has 0 saturated heterocycles. The van der Waals surface area contributed by atoms with Crippen LogP contribution in [0.3, 0.4) is 0 Å². The fraction of sp³-hybridized carbons (Fsp3) is 0.800. The summed E-state index contributed by atoms with van der Waals surface area (Å²) in [4.78, 5) is 0. The van der Waals surface area contributed by atoms with Crippen molar-refractivity contribution in [2.24, 2.45) is 18.9 Å². The first-order chi connectivity index (χ1) is 8.99. The van der Waals surface area contributed by atoms with Gasteiger partial charge in [-0.3, -0.25) is 4.68 Å². The van der Waals surface area contributed by atoms with E-state index in [-0.39, 0.29) is 0 Å². The molecular weight excluding hydrogens is 302 g/mol. The van der Waals surface area contributed by atoms with E-state index in [0.717, 1.165) is 30.5 Å². The molecule has 2 unspecified atom stereocenters. The van der Waals surface area contributed by atoms with Gasteiger partial charge in [0, 0.05) is 13.1 Å². The topological polar surface area (TPSA) is 29.9 Å². The summed E-state index contributed by atoms with van der Waals surface area (Å²) in [5, 5.41) is 8.11. The van der Waals surface area contributed by atoms with Crippen LogP contribution in [0.25, 0.3) is 0 Å². The van der Waals surface area contributed by atoms with Gasteiger partial charge in [0.15, 0.2) is 0 Å². The second kappa shape index (κ2) is 6.40. The van der Waals surface area contributed by atoms with Gasteiger partial charge in [-0.2, -0.15) is 5.10 Å². The summed E-state index contributed by atoms with van der Waals surface area (Å²) < 4.78 is 3.25. The van der Waals surface area contributed by atoms with Crippen molar-refractivity contribution in [3.63, 3.8) is 0 Å².